The number of hydrogen-bond donors (Lipinski definition) is 2. The topological polar surface area (TPSA) is 40.3 Å². The van der Waals surface area contributed by atoms with Crippen molar-refractivity contribution in [3.05, 3.63) is 65.7 Å². The van der Waals surface area contributed by atoms with Crippen LogP contribution in [0.1, 0.15) is 11.1 Å². The largest absolute Gasteiger partial charge is 0.508 e. The highest BCUT2D eigenvalue weighted by Gasteiger charge is 2.18. The molecule has 1 aliphatic heterocycles. The molecule has 0 saturated carbocycles. The zero-order chi connectivity index (χ0) is 15.2. The van der Waals surface area contributed by atoms with Gasteiger partial charge < -0.3 is 10.0 Å². The number of hydrazone groups is 1. The number of quaternary nitrogens is 1. The van der Waals surface area contributed by atoms with E-state index in [0.717, 1.165) is 38.3 Å². The number of nitrogens with zero attached hydrogens (tertiary/aromatic N) is 2. The molecule has 4 nitrogen and oxygen atoms in total. The molecule has 0 aliphatic carbocycles. The standard InChI is InChI=1S/C18H21N3O/c22-18-8-4-7-17(13-18)14-19-21-11-9-20(10-12-21)15-16-5-2-1-3-6-16/h1-8,13-14,22H,9-12,15H2/p+1. The van der Waals surface area contributed by atoms with Crippen LogP contribution in [-0.2, 0) is 6.54 Å². The van der Waals surface area contributed by atoms with Crippen molar-refractivity contribution in [3.8, 4) is 5.75 Å². The van der Waals surface area contributed by atoms with Crippen LogP contribution in [0.3, 0.4) is 0 Å². The molecule has 0 amide bonds. The van der Waals surface area contributed by atoms with Gasteiger partial charge in [0.25, 0.3) is 0 Å². The molecular formula is C18H22N3O+. The van der Waals surface area contributed by atoms with Gasteiger partial charge >= 0.3 is 0 Å². The molecule has 1 aliphatic rings. The summed E-state index contributed by atoms with van der Waals surface area (Å²) in [5, 5.41) is 16.1. The van der Waals surface area contributed by atoms with Gasteiger partial charge in [0.1, 0.15) is 12.3 Å². The monoisotopic (exact) mass is 296 g/mol. The molecule has 2 aromatic rings. The minimum absolute atomic E-state index is 0.279. The summed E-state index contributed by atoms with van der Waals surface area (Å²) in [6, 6.07) is 17.8. The fourth-order valence-corrected chi connectivity index (χ4v) is 2.74. The molecule has 1 fully saturated rings. The second-order valence-corrected chi connectivity index (χ2v) is 5.71. The Labute approximate surface area is 131 Å². The van der Waals surface area contributed by atoms with Crippen LogP contribution in [0.5, 0.6) is 5.75 Å². The minimum Gasteiger partial charge on any atom is -0.508 e. The second kappa shape index (κ2) is 7.09. The van der Waals surface area contributed by atoms with Crippen LogP contribution in [0.15, 0.2) is 59.7 Å². The van der Waals surface area contributed by atoms with Gasteiger partial charge in [-0.05, 0) is 17.7 Å². The van der Waals surface area contributed by atoms with E-state index in [4.69, 9.17) is 0 Å². The van der Waals surface area contributed by atoms with Gasteiger partial charge in [-0.2, -0.15) is 5.10 Å². The van der Waals surface area contributed by atoms with Crippen LogP contribution in [0.4, 0.5) is 0 Å². The van der Waals surface area contributed by atoms with Gasteiger partial charge in [-0.25, -0.2) is 0 Å². The van der Waals surface area contributed by atoms with E-state index in [1.165, 1.54) is 5.56 Å². The van der Waals surface area contributed by atoms with Crippen molar-refractivity contribution in [1.82, 2.24) is 5.01 Å². The molecule has 0 unspecified atom stereocenters. The highest BCUT2D eigenvalue weighted by Crippen LogP contribution is 2.09. The number of piperazine rings is 1. The lowest BCUT2D eigenvalue weighted by atomic mass is 10.2. The van der Waals surface area contributed by atoms with E-state index in [2.05, 4.69) is 40.4 Å². The van der Waals surface area contributed by atoms with E-state index in [9.17, 15) is 5.11 Å². The van der Waals surface area contributed by atoms with Crippen molar-refractivity contribution in [2.45, 2.75) is 6.54 Å². The van der Waals surface area contributed by atoms with Crippen LogP contribution in [0.2, 0.25) is 0 Å². The molecule has 114 valence electrons. The lowest BCUT2D eigenvalue weighted by molar-refractivity contribution is -0.918. The van der Waals surface area contributed by atoms with Crippen LogP contribution < -0.4 is 4.90 Å². The zero-order valence-electron chi connectivity index (χ0n) is 12.7. The predicted octanol–water partition coefficient (Wildman–Crippen LogP) is 1.13. The number of aromatic hydroxyl groups is 1. The van der Waals surface area contributed by atoms with Gasteiger partial charge in [0.15, 0.2) is 0 Å². The second-order valence-electron chi connectivity index (χ2n) is 5.71. The van der Waals surface area contributed by atoms with E-state index in [0.29, 0.717) is 0 Å². The summed E-state index contributed by atoms with van der Waals surface area (Å²) in [4.78, 5) is 1.61. The van der Waals surface area contributed by atoms with Crippen LogP contribution >= 0.6 is 0 Å². The fraction of sp³-hybridized carbons (Fsp3) is 0.278. The number of phenolic OH excluding ortho intramolecular Hbond substituents is 1. The SMILES string of the molecule is Oc1cccc(C=NN2CC[NH+](Cc3ccccc3)CC2)c1. The Balaban J connectivity index is 1.49. The van der Waals surface area contributed by atoms with Crippen LogP contribution in [0.25, 0.3) is 0 Å². The molecule has 0 radical (unpaired) electrons. The summed E-state index contributed by atoms with van der Waals surface area (Å²) in [6.45, 7) is 5.23. The number of nitrogens with one attached hydrogen (secondary N) is 1. The number of phenols is 1. The highest BCUT2D eigenvalue weighted by molar-refractivity contribution is 5.79. The minimum atomic E-state index is 0.279. The van der Waals surface area contributed by atoms with Gasteiger partial charge in [0, 0.05) is 5.56 Å². The summed E-state index contributed by atoms with van der Waals surface area (Å²) < 4.78 is 0. The average molecular weight is 296 g/mol. The van der Waals surface area contributed by atoms with Crippen molar-refractivity contribution in [2.75, 3.05) is 26.2 Å². The third kappa shape index (κ3) is 4.09. The Bertz CT molecular complexity index is 619. The van der Waals surface area contributed by atoms with Gasteiger partial charge in [-0.15, -0.1) is 0 Å². The van der Waals surface area contributed by atoms with E-state index in [1.807, 2.05) is 18.3 Å². The smallest absolute Gasteiger partial charge is 0.116 e. The maximum atomic E-state index is 9.45. The van der Waals surface area contributed by atoms with Crippen molar-refractivity contribution >= 4 is 6.21 Å². The molecular weight excluding hydrogens is 274 g/mol. The summed E-state index contributed by atoms with van der Waals surface area (Å²) in [7, 11) is 0. The third-order valence-corrected chi connectivity index (χ3v) is 3.98. The molecule has 0 spiro atoms. The Kier molecular flexibility index (Phi) is 4.71. The van der Waals surface area contributed by atoms with Gasteiger partial charge in [-0.1, -0.05) is 42.5 Å². The molecule has 0 atom stereocenters. The highest BCUT2D eigenvalue weighted by atomic mass is 16.3. The Morgan fingerprint density at radius 2 is 1.82 bits per heavy atom. The molecule has 22 heavy (non-hydrogen) atoms. The number of benzene rings is 2. The summed E-state index contributed by atoms with van der Waals surface area (Å²) in [5.74, 6) is 0.279. The number of rotatable bonds is 4. The first-order valence-electron chi connectivity index (χ1n) is 7.75. The van der Waals surface area contributed by atoms with Gasteiger partial charge in [0.2, 0.25) is 0 Å². The Morgan fingerprint density at radius 3 is 2.55 bits per heavy atom. The third-order valence-electron chi connectivity index (χ3n) is 3.98. The summed E-state index contributed by atoms with van der Waals surface area (Å²) >= 11 is 0. The van der Waals surface area contributed by atoms with E-state index >= 15 is 0 Å². The molecule has 0 aromatic heterocycles. The Morgan fingerprint density at radius 1 is 1.05 bits per heavy atom. The normalized spacial score (nSPS) is 16.3. The van der Waals surface area contributed by atoms with Crippen molar-refractivity contribution in [1.29, 1.82) is 0 Å². The van der Waals surface area contributed by atoms with Crippen molar-refractivity contribution < 1.29 is 10.0 Å². The summed E-state index contributed by atoms with van der Waals surface area (Å²) in [5.41, 5.74) is 2.33. The molecule has 2 N–H and O–H groups in total. The molecule has 3 rings (SSSR count). The lowest BCUT2D eigenvalue weighted by Gasteiger charge is -2.30. The van der Waals surface area contributed by atoms with Crippen molar-refractivity contribution in [2.24, 2.45) is 5.10 Å². The quantitative estimate of drug-likeness (QED) is 0.830. The molecule has 4 heteroatoms. The van der Waals surface area contributed by atoms with E-state index < -0.39 is 0 Å². The fourth-order valence-electron chi connectivity index (χ4n) is 2.74. The van der Waals surface area contributed by atoms with Crippen molar-refractivity contribution in [3.63, 3.8) is 0 Å². The molecule has 1 saturated heterocycles. The zero-order valence-corrected chi connectivity index (χ0v) is 12.7. The number of hydrogen-bond acceptors (Lipinski definition) is 3. The first-order chi connectivity index (χ1) is 10.8. The molecule has 1 heterocycles. The average Bonchev–Trinajstić information content (AvgIpc) is 2.55. The van der Waals surface area contributed by atoms with Gasteiger partial charge in [0.05, 0.1) is 32.4 Å². The first-order valence-corrected chi connectivity index (χ1v) is 7.75. The van der Waals surface area contributed by atoms with Gasteiger partial charge in [-0.3, -0.25) is 5.01 Å². The first kappa shape index (κ1) is 14.6. The van der Waals surface area contributed by atoms with E-state index in [-0.39, 0.29) is 5.75 Å². The van der Waals surface area contributed by atoms with Crippen LogP contribution in [0, 0.1) is 0 Å². The predicted molar refractivity (Wildman–Crippen MR) is 88.1 cm³/mol. The van der Waals surface area contributed by atoms with Crippen LogP contribution in [-0.4, -0.2) is 42.5 Å². The maximum Gasteiger partial charge on any atom is 0.116 e. The van der Waals surface area contributed by atoms with E-state index in [1.54, 1.807) is 17.0 Å². The molecule has 0 bridgehead atoms. The summed E-state index contributed by atoms with van der Waals surface area (Å²) in [6.07, 6.45) is 1.82. The lowest BCUT2D eigenvalue weighted by Crippen LogP contribution is -3.13. The Hall–Kier alpha value is -2.33. The molecule has 2 aromatic carbocycles. The maximum absolute atomic E-state index is 9.45.